The van der Waals surface area contributed by atoms with Crippen LogP contribution in [0.5, 0.6) is 0 Å². The van der Waals surface area contributed by atoms with E-state index >= 15 is 0 Å². The predicted molar refractivity (Wildman–Crippen MR) is 95.5 cm³/mol. The van der Waals surface area contributed by atoms with E-state index in [4.69, 9.17) is 0 Å². The van der Waals surface area contributed by atoms with Crippen molar-refractivity contribution in [2.24, 2.45) is 0 Å². The highest BCUT2D eigenvalue weighted by Gasteiger charge is 2.15. The Labute approximate surface area is 147 Å². The number of carbonyl (C=O) groups is 1. The third kappa shape index (κ3) is 8.51. The Bertz CT molecular complexity index is 454. The summed E-state index contributed by atoms with van der Waals surface area (Å²) in [6, 6.07) is 0. The van der Waals surface area contributed by atoms with Gasteiger partial charge in [-0.3, -0.25) is 0 Å². The van der Waals surface area contributed by atoms with Crippen molar-refractivity contribution in [2.75, 3.05) is 0 Å². The minimum absolute atomic E-state index is 0.141. The third-order valence-corrected chi connectivity index (χ3v) is 4.71. The molecule has 0 spiro atoms. The first-order chi connectivity index (χ1) is 11.7. The van der Waals surface area contributed by atoms with Gasteiger partial charge in [0.05, 0.1) is 13.1 Å². The summed E-state index contributed by atoms with van der Waals surface area (Å²) >= 11 is 0. The minimum atomic E-state index is -0.953. The molecule has 0 unspecified atom stereocenters. The molecule has 1 heterocycles. The highest BCUT2D eigenvalue weighted by molar-refractivity contribution is 5.63. The minimum Gasteiger partial charge on any atom is -0.550 e. The van der Waals surface area contributed by atoms with Crippen molar-refractivity contribution >= 4 is 5.97 Å². The summed E-state index contributed by atoms with van der Waals surface area (Å²) in [5, 5.41) is 10.6. The number of aromatic nitrogens is 2. The van der Waals surface area contributed by atoms with Gasteiger partial charge in [0.25, 0.3) is 5.82 Å². The van der Waals surface area contributed by atoms with Gasteiger partial charge < -0.3 is 9.90 Å². The van der Waals surface area contributed by atoms with Crippen molar-refractivity contribution in [3.05, 3.63) is 18.2 Å². The largest absolute Gasteiger partial charge is 0.550 e. The van der Waals surface area contributed by atoms with Crippen molar-refractivity contribution in [1.29, 1.82) is 0 Å². The lowest BCUT2D eigenvalue weighted by molar-refractivity contribution is -0.704. The number of aryl methyl sites for hydroxylation is 2. The second-order valence-corrected chi connectivity index (χ2v) is 6.75. The Hall–Kier alpha value is -1.32. The Kier molecular flexibility index (Phi) is 11.2. The lowest BCUT2D eigenvalue weighted by Gasteiger charge is -2.05. The molecule has 0 aliphatic rings. The van der Waals surface area contributed by atoms with Crippen LogP contribution in [0.25, 0.3) is 0 Å². The van der Waals surface area contributed by atoms with Gasteiger partial charge in [-0.05, 0) is 26.2 Å². The topological polar surface area (TPSA) is 48.9 Å². The first kappa shape index (κ1) is 20.7. The average molecular weight is 337 g/mol. The molecule has 138 valence electrons. The van der Waals surface area contributed by atoms with Crippen molar-refractivity contribution in [3.8, 4) is 0 Å². The molecule has 0 aromatic carbocycles. The van der Waals surface area contributed by atoms with E-state index in [2.05, 4.69) is 35.4 Å². The van der Waals surface area contributed by atoms with E-state index in [1.165, 1.54) is 63.6 Å². The maximum absolute atomic E-state index is 10.6. The number of carboxylic acid groups (broad SMARTS) is 1. The molecule has 0 radical (unpaired) electrons. The molecule has 24 heavy (non-hydrogen) atoms. The van der Waals surface area contributed by atoms with E-state index in [9.17, 15) is 9.90 Å². The summed E-state index contributed by atoms with van der Waals surface area (Å²) in [7, 11) is 0. The van der Waals surface area contributed by atoms with E-state index < -0.39 is 5.97 Å². The molecule has 4 nitrogen and oxygen atoms in total. The molecule has 0 saturated carbocycles. The first-order valence-corrected chi connectivity index (χ1v) is 9.96. The number of hydrogen-bond donors (Lipinski definition) is 0. The van der Waals surface area contributed by atoms with Crippen LogP contribution in [0.2, 0.25) is 0 Å². The zero-order chi connectivity index (χ0) is 17.6. The Morgan fingerprint density at radius 1 is 1.00 bits per heavy atom. The van der Waals surface area contributed by atoms with Crippen LogP contribution >= 0.6 is 0 Å². The number of nitrogens with zero attached hydrogens (tertiary/aromatic N) is 2. The number of rotatable bonds is 15. The second-order valence-electron chi connectivity index (χ2n) is 6.75. The van der Waals surface area contributed by atoms with E-state index in [0.29, 0.717) is 6.42 Å². The number of carboxylic acids is 1. The highest BCUT2D eigenvalue weighted by Crippen LogP contribution is 2.11. The second kappa shape index (κ2) is 13.0. The van der Waals surface area contributed by atoms with E-state index in [1.807, 2.05) is 0 Å². The molecular weight excluding hydrogens is 300 g/mol. The SMILES string of the molecule is CCCCCCCCCCCc1n(CC)cc[n+]1CCCC(=O)[O-]. The number of hydrogen-bond acceptors (Lipinski definition) is 2. The van der Waals surface area contributed by atoms with Crippen LogP contribution in [-0.4, -0.2) is 10.5 Å². The lowest BCUT2D eigenvalue weighted by atomic mass is 10.1. The van der Waals surface area contributed by atoms with Gasteiger partial charge in [0.15, 0.2) is 0 Å². The average Bonchev–Trinajstić information content (AvgIpc) is 2.95. The quantitative estimate of drug-likeness (QED) is 0.364. The predicted octanol–water partition coefficient (Wildman–Crippen LogP) is 3.40. The van der Waals surface area contributed by atoms with Gasteiger partial charge in [0.2, 0.25) is 0 Å². The number of aliphatic carboxylic acids is 1. The molecule has 1 aromatic heterocycles. The molecule has 1 aromatic rings. The van der Waals surface area contributed by atoms with Gasteiger partial charge in [-0.15, -0.1) is 0 Å². The molecule has 0 fully saturated rings. The molecule has 0 saturated heterocycles. The maximum Gasteiger partial charge on any atom is 0.256 e. The van der Waals surface area contributed by atoms with Crippen molar-refractivity contribution < 1.29 is 14.5 Å². The molecule has 0 aliphatic heterocycles. The maximum atomic E-state index is 10.6. The van der Waals surface area contributed by atoms with Gasteiger partial charge in [0.1, 0.15) is 12.4 Å². The van der Waals surface area contributed by atoms with E-state index in [0.717, 1.165) is 19.5 Å². The number of imidazole rings is 1. The molecule has 0 bridgehead atoms. The summed E-state index contributed by atoms with van der Waals surface area (Å²) in [5.74, 6) is 0.379. The lowest BCUT2D eigenvalue weighted by Crippen LogP contribution is -2.38. The fraction of sp³-hybridized carbons (Fsp3) is 0.800. The Balaban J connectivity index is 2.25. The van der Waals surface area contributed by atoms with Crippen LogP contribution in [0.4, 0.5) is 0 Å². The van der Waals surface area contributed by atoms with Gasteiger partial charge in [-0.25, -0.2) is 9.13 Å². The van der Waals surface area contributed by atoms with Crippen molar-refractivity contribution in [1.82, 2.24) is 4.57 Å². The van der Waals surface area contributed by atoms with E-state index in [1.54, 1.807) is 0 Å². The Morgan fingerprint density at radius 3 is 2.21 bits per heavy atom. The fourth-order valence-electron chi connectivity index (χ4n) is 3.26. The van der Waals surface area contributed by atoms with Crippen LogP contribution < -0.4 is 9.67 Å². The van der Waals surface area contributed by atoms with Crippen LogP contribution in [0, 0.1) is 0 Å². The summed E-state index contributed by atoms with van der Waals surface area (Å²) in [5.41, 5.74) is 0. The van der Waals surface area contributed by atoms with Crippen LogP contribution in [-0.2, 0) is 24.3 Å². The monoisotopic (exact) mass is 336 g/mol. The normalized spacial score (nSPS) is 11.1. The first-order valence-electron chi connectivity index (χ1n) is 9.96. The zero-order valence-corrected chi connectivity index (χ0v) is 15.8. The fourth-order valence-corrected chi connectivity index (χ4v) is 3.26. The number of carbonyl (C=O) groups excluding carboxylic acids is 1. The molecule has 0 atom stereocenters. The summed E-state index contributed by atoms with van der Waals surface area (Å²) < 4.78 is 4.50. The standard InChI is InChI=1S/C20H36N2O2/c1-3-5-6-7-8-9-10-11-12-14-19-21(4-2)17-18-22(19)16-13-15-20(23)24/h17-18H,3-16H2,1-2H3. The summed E-state index contributed by atoms with van der Waals surface area (Å²) in [4.78, 5) is 10.6. The van der Waals surface area contributed by atoms with Crippen LogP contribution in [0.1, 0.15) is 90.3 Å². The van der Waals surface area contributed by atoms with Gasteiger partial charge in [-0.1, -0.05) is 58.3 Å². The van der Waals surface area contributed by atoms with Crippen molar-refractivity contribution in [3.63, 3.8) is 0 Å². The zero-order valence-electron chi connectivity index (χ0n) is 15.8. The number of unbranched alkanes of at least 4 members (excludes halogenated alkanes) is 8. The summed E-state index contributed by atoms with van der Waals surface area (Å²) in [6.07, 6.45) is 18.2. The molecule has 0 aliphatic carbocycles. The van der Waals surface area contributed by atoms with E-state index in [-0.39, 0.29) is 6.42 Å². The smallest absolute Gasteiger partial charge is 0.256 e. The molecule has 1 rings (SSSR count). The van der Waals surface area contributed by atoms with Crippen LogP contribution in [0.3, 0.4) is 0 Å². The van der Waals surface area contributed by atoms with Crippen molar-refractivity contribution in [2.45, 2.75) is 104 Å². The van der Waals surface area contributed by atoms with Gasteiger partial charge in [0, 0.05) is 12.4 Å². The molecule has 0 N–H and O–H groups in total. The third-order valence-electron chi connectivity index (χ3n) is 4.71. The Morgan fingerprint density at radius 2 is 1.62 bits per heavy atom. The molecule has 0 amide bonds. The van der Waals surface area contributed by atoms with Gasteiger partial charge in [-0.2, -0.15) is 0 Å². The highest BCUT2D eigenvalue weighted by atomic mass is 16.4. The van der Waals surface area contributed by atoms with Gasteiger partial charge >= 0.3 is 0 Å². The molecule has 4 heteroatoms. The summed E-state index contributed by atoms with van der Waals surface area (Å²) in [6.45, 7) is 6.16. The molecular formula is C20H36N2O2. The van der Waals surface area contributed by atoms with Crippen LogP contribution in [0.15, 0.2) is 12.4 Å².